The van der Waals surface area contributed by atoms with Crippen molar-refractivity contribution in [2.75, 3.05) is 14.8 Å². The van der Waals surface area contributed by atoms with Crippen LogP contribution >= 0.6 is 0 Å². The van der Waals surface area contributed by atoms with Gasteiger partial charge in [-0.2, -0.15) is 0 Å². The topological polar surface area (TPSA) is 147 Å². The van der Waals surface area contributed by atoms with Gasteiger partial charge in [-0.3, -0.25) is 9.52 Å². The summed E-state index contributed by atoms with van der Waals surface area (Å²) in [6, 6.07) is 19.7. The van der Waals surface area contributed by atoms with Crippen LogP contribution in [0.2, 0.25) is 0 Å². The average Bonchev–Trinajstić information content (AvgIpc) is 2.86. The molecule has 0 spiro atoms. The van der Waals surface area contributed by atoms with E-state index >= 15 is 0 Å². The van der Waals surface area contributed by atoms with E-state index in [2.05, 4.69) is 24.7 Å². The molecule has 0 aliphatic carbocycles. The molecule has 1 aromatic heterocycles. The zero-order valence-corrected chi connectivity index (χ0v) is 21.5. The summed E-state index contributed by atoms with van der Waals surface area (Å²) < 4.78 is 55.5. The molecule has 0 fully saturated rings. The first-order valence-electron chi connectivity index (χ1n) is 11.0. The molecule has 10 nitrogen and oxygen atoms in total. The van der Waals surface area contributed by atoms with Gasteiger partial charge in [0.15, 0.2) is 0 Å². The Morgan fingerprint density at radius 1 is 0.757 bits per heavy atom. The smallest absolute Gasteiger partial charge is 0.264 e. The summed E-state index contributed by atoms with van der Waals surface area (Å²) in [6.07, 6.45) is 1.45. The number of aromatic nitrogens is 2. The molecule has 0 atom stereocenters. The molecule has 0 unspecified atom stereocenters. The SMILES string of the molecule is Cc1ccnc(NS(=O)(=O)c2ccc(NC(=O)c3ccc(C)c(NS(=O)(=O)c4ccccc4)c3)cc2)n1. The largest absolute Gasteiger partial charge is 0.322 e. The van der Waals surface area contributed by atoms with Crippen molar-refractivity contribution in [1.82, 2.24) is 9.97 Å². The second-order valence-corrected chi connectivity index (χ2v) is 11.4. The summed E-state index contributed by atoms with van der Waals surface area (Å²) in [6.45, 7) is 3.44. The normalized spacial score (nSPS) is 11.5. The predicted molar refractivity (Wildman–Crippen MR) is 140 cm³/mol. The maximum atomic E-state index is 12.8. The molecule has 4 aromatic rings. The Bertz CT molecular complexity index is 1660. The monoisotopic (exact) mass is 537 g/mol. The molecule has 190 valence electrons. The summed E-state index contributed by atoms with van der Waals surface area (Å²) in [7, 11) is -7.77. The second kappa shape index (κ2) is 10.4. The summed E-state index contributed by atoms with van der Waals surface area (Å²) in [4.78, 5) is 20.8. The summed E-state index contributed by atoms with van der Waals surface area (Å²) >= 11 is 0. The van der Waals surface area contributed by atoms with Crippen LogP contribution in [-0.2, 0) is 20.0 Å². The minimum atomic E-state index is -3.93. The average molecular weight is 538 g/mol. The molecular formula is C25H23N5O5S2. The Morgan fingerprint density at radius 3 is 2.08 bits per heavy atom. The lowest BCUT2D eigenvalue weighted by atomic mass is 10.1. The fourth-order valence-corrected chi connectivity index (χ4v) is 5.37. The van der Waals surface area contributed by atoms with Crippen molar-refractivity contribution in [3.05, 3.63) is 102 Å². The number of carbonyl (C=O) groups is 1. The molecule has 0 saturated heterocycles. The number of hydrogen-bond donors (Lipinski definition) is 3. The van der Waals surface area contributed by atoms with Gasteiger partial charge in [0, 0.05) is 23.1 Å². The fraction of sp³-hybridized carbons (Fsp3) is 0.0800. The van der Waals surface area contributed by atoms with Crippen LogP contribution in [0, 0.1) is 13.8 Å². The molecular weight excluding hydrogens is 514 g/mol. The Hall–Kier alpha value is -4.29. The van der Waals surface area contributed by atoms with Crippen molar-refractivity contribution in [2.24, 2.45) is 0 Å². The number of anilines is 3. The third kappa shape index (κ3) is 6.29. The number of rotatable bonds is 8. The van der Waals surface area contributed by atoms with Gasteiger partial charge in [-0.05, 0) is 74.0 Å². The molecule has 1 amide bonds. The highest BCUT2D eigenvalue weighted by atomic mass is 32.2. The first kappa shape index (κ1) is 25.8. The van der Waals surface area contributed by atoms with Crippen LogP contribution in [0.15, 0.2) is 94.9 Å². The highest BCUT2D eigenvalue weighted by molar-refractivity contribution is 7.93. The lowest BCUT2D eigenvalue weighted by Crippen LogP contribution is -2.16. The predicted octanol–water partition coefficient (Wildman–Crippen LogP) is 3.95. The van der Waals surface area contributed by atoms with E-state index < -0.39 is 26.0 Å². The quantitative estimate of drug-likeness (QED) is 0.308. The molecule has 3 aromatic carbocycles. The molecule has 0 saturated carbocycles. The van der Waals surface area contributed by atoms with Gasteiger partial charge >= 0.3 is 0 Å². The zero-order valence-electron chi connectivity index (χ0n) is 19.8. The summed E-state index contributed by atoms with van der Waals surface area (Å²) in [5.74, 6) is -0.544. The molecule has 0 aliphatic rings. The van der Waals surface area contributed by atoms with Gasteiger partial charge in [0.1, 0.15) is 0 Å². The second-order valence-electron chi connectivity index (χ2n) is 8.05. The van der Waals surface area contributed by atoms with E-state index in [1.54, 1.807) is 50.2 Å². The van der Waals surface area contributed by atoms with Crippen LogP contribution in [0.5, 0.6) is 0 Å². The van der Waals surface area contributed by atoms with Crippen LogP contribution in [0.4, 0.5) is 17.3 Å². The van der Waals surface area contributed by atoms with E-state index in [1.165, 1.54) is 48.7 Å². The number of aryl methyl sites for hydroxylation is 2. The zero-order chi connectivity index (χ0) is 26.6. The number of amides is 1. The Kier molecular flexibility index (Phi) is 7.23. The number of sulfonamides is 2. The Morgan fingerprint density at radius 2 is 1.41 bits per heavy atom. The van der Waals surface area contributed by atoms with E-state index in [0.29, 0.717) is 16.9 Å². The molecule has 0 aliphatic heterocycles. The summed E-state index contributed by atoms with van der Waals surface area (Å²) in [5.41, 5.74) is 2.07. The number of nitrogens with one attached hydrogen (secondary N) is 3. The molecule has 37 heavy (non-hydrogen) atoms. The Balaban J connectivity index is 1.48. The van der Waals surface area contributed by atoms with Gasteiger partial charge in [-0.25, -0.2) is 31.5 Å². The van der Waals surface area contributed by atoms with E-state index in [-0.39, 0.29) is 27.0 Å². The standard InChI is InChI=1S/C25H23N5O5S2/c1-17-8-9-19(16-23(17)29-36(32,33)21-6-4-3-5-7-21)24(31)28-20-10-12-22(13-11-20)37(34,35)30-25-26-15-14-18(2)27-25/h3-16,29H,1-2H3,(H,28,31)(H,26,27,30). The first-order chi connectivity index (χ1) is 17.5. The van der Waals surface area contributed by atoms with Crippen molar-refractivity contribution in [3.8, 4) is 0 Å². The third-order valence-corrected chi connectivity index (χ3v) is 7.97. The van der Waals surface area contributed by atoms with Gasteiger partial charge in [0.2, 0.25) is 5.95 Å². The van der Waals surface area contributed by atoms with Crippen molar-refractivity contribution in [2.45, 2.75) is 23.6 Å². The van der Waals surface area contributed by atoms with Crippen LogP contribution < -0.4 is 14.8 Å². The molecule has 0 bridgehead atoms. The van der Waals surface area contributed by atoms with Crippen LogP contribution in [-0.4, -0.2) is 32.7 Å². The Labute approximate surface area is 214 Å². The van der Waals surface area contributed by atoms with Gasteiger partial charge in [-0.15, -0.1) is 0 Å². The number of nitrogens with zero attached hydrogens (tertiary/aromatic N) is 2. The van der Waals surface area contributed by atoms with Crippen LogP contribution in [0.3, 0.4) is 0 Å². The molecule has 1 heterocycles. The number of carbonyl (C=O) groups excluding carboxylic acids is 1. The molecule has 0 radical (unpaired) electrons. The highest BCUT2D eigenvalue weighted by Gasteiger charge is 2.18. The maximum Gasteiger partial charge on any atom is 0.264 e. The van der Waals surface area contributed by atoms with Gasteiger partial charge < -0.3 is 5.32 Å². The molecule has 12 heteroatoms. The lowest BCUT2D eigenvalue weighted by Gasteiger charge is -2.13. The van der Waals surface area contributed by atoms with Crippen molar-refractivity contribution < 1.29 is 21.6 Å². The first-order valence-corrected chi connectivity index (χ1v) is 13.9. The lowest BCUT2D eigenvalue weighted by molar-refractivity contribution is 0.102. The van der Waals surface area contributed by atoms with Crippen LogP contribution in [0.1, 0.15) is 21.6 Å². The number of hydrogen-bond acceptors (Lipinski definition) is 7. The van der Waals surface area contributed by atoms with Crippen molar-refractivity contribution >= 4 is 43.3 Å². The van der Waals surface area contributed by atoms with Gasteiger partial charge in [-0.1, -0.05) is 24.3 Å². The maximum absolute atomic E-state index is 12.8. The van der Waals surface area contributed by atoms with Crippen LogP contribution in [0.25, 0.3) is 0 Å². The van der Waals surface area contributed by atoms with Crippen molar-refractivity contribution in [1.29, 1.82) is 0 Å². The summed E-state index contributed by atoms with van der Waals surface area (Å²) in [5, 5.41) is 2.68. The van der Waals surface area contributed by atoms with E-state index in [4.69, 9.17) is 0 Å². The van der Waals surface area contributed by atoms with Gasteiger partial charge in [0.25, 0.3) is 26.0 Å². The minimum Gasteiger partial charge on any atom is -0.322 e. The van der Waals surface area contributed by atoms with Gasteiger partial charge in [0.05, 0.1) is 15.5 Å². The third-order valence-electron chi connectivity index (χ3n) is 5.24. The fourth-order valence-electron chi connectivity index (χ4n) is 3.27. The van der Waals surface area contributed by atoms with E-state index in [9.17, 15) is 21.6 Å². The highest BCUT2D eigenvalue weighted by Crippen LogP contribution is 2.23. The minimum absolute atomic E-state index is 0.0384. The van der Waals surface area contributed by atoms with E-state index in [1.807, 2.05) is 0 Å². The molecule has 3 N–H and O–H groups in total. The van der Waals surface area contributed by atoms with E-state index in [0.717, 1.165) is 0 Å². The molecule has 4 rings (SSSR count). The van der Waals surface area contributed by atoms with Crippen molar-refractivity contribution in [3.63, 3.8) is 0 Å². The number of benzene rings is 3.